The lowest BCUT2D eigenvalue weighted by Crippen LogP contribution is -2.53. The molecule has 1 unspecified atom stereocenters. The first-order valence-electron chi connectivity index (χ1n) is 5.85. The van der Waals surface area contributed by atoms with Crippen LogP contribution in [0.1, 0.15) is 12.8 Å². The van der Waals surface area contributed by atoms with E-state index in [1.807, 2.05) is 0 Å². The van der Waals surface area contributed by atoms with Gasteiger partial charge in [0.1, 0.15) is 5.66 Å². The van der Waals surface area contributed by atoms with E-state index in [1.165, 1.54) is 10.6 Å². The van der Waals surface area contributed by atoms with Crippen molar-refractivity contribution in [3.63, 3.8) is 0 Å². The van der Waals surface area contributed by atoms with Gasteiger partial charge in [0.15, 0.2) is 5.96 Å². The molecule has 7 nitrogen and oxygen atoms in total. The second kappa shape index (κ2) is 4.52. The minimum atomic E-state index is -3.11. The molecule has 0 saturated carbocycles. The van der Waals surface area contributed by atoms with Crippen LogP contribution in [0.25, 0.3) is 0 Å². The maximum atomic E-state index is 11.4. The molecule has 0 amide bonds. The Hall–Kier alpha value is -1.12. The van der Waals surface area contributed by atoms with E-state index >= 15 is 0 Å². The minimum Gasteiger partial charge on any atom is -0.370 e. The highest BCUT2D eigenvalue weighted by Crippen LogP contribution is 2.30. The number of piperidine rings is 1. The summed E-state index contributed by atoms with van der Waals surface area (Å²) in [7, 11) is -3.11. The fourth-order valence-electron chi connectivity index (χ4n) is 2.42. The van der Waals surface area contributed by atoms with Crippen molar-refractivity contribution >= 4 is 16.0 Å². The zero-order chi connectivity index (χ0) is 13.4. The van der Waals surface area contributed by atoms with Crippen LogP contribution in [0.4, 0.5) is 0 Å². The summed E-state index contributed by atoms with van der Waals surface area (Å²) in [6, 6.07) is 0. The molecule has 0 aliphatic carbocycles. The molecule has 2 rings (SSSR count). The third kappa shape index (κ3) is 2.65. The van der Waals surface area contributed by atoms with Gasteiger partial charge in [-0.2, -0.15) is 0 Å². The van der Waals surface area contributed by atoms with Crippen LogP contribution < -0.4 is 16.8 Å². The predicted octanol–water partition coefficient (Wildman–Crippen LogP) is -1.26. The number of nitrogens with one attached hydrogen (secondary N) is 1. The summed E-state index contributed by atoms with van der Waals surface area (Å²) < 4.78 is 24.3. The standard InChI is InChI=1S/C10H19N5O2S/c1-18(16,17)15-6-2-8(3-7-15)10(12)4-5-13-9(11)14-10/h4-5,8H,2-3,6-7,12H2,1H3,(H3,11,13,14). The molecule has 0 aromatic rings. The Kier molecular flexibility index (Phi) is 3.35. The summed E-state index contributed by atoms with van der Waals surface area (Å²) >= 11 is 0. The van der Waals surface area contributed by atoms with Crippen molar-refractivity contribution in [1.82, 2.24) is 9.62 Å². The first kappa shape index (κ1) is 13.3. The Labute approximate surface area is 107 Å². The van der Waals surface area contributed by atoms with Crippen molar-refractivity contribution in [3.05, 3.63) is 12.3 Å². The number of hydrogen-bond donors (Lipinski definition) is 3. The zero-order valence-electron chi connectivity index (χ0n) is 10.3. The number of nitrogens with two attached hydrogens (primary N) is 2. The zero-order valence-corrected chi connectivity index (χ0v) is 11.2. The average molecular weight is 273 g/mol. The van der Waals surface area contributed by atoms with Crippen LogP contribution in [0.2, 0.25) is 0 Å². The third-order valence-electron chi connectivity index (χ3n) is 3.47. The molecular formula is C10H19N5O2S. The molecule has 2 aliphatic rings. The Morgan fingerprint density at radius 2 is 2.11 bits per heavy atom. The predicted molar refractivity (Wildman–Crippen MR) is 70.0 cm³/mol. The van der Waals surface area contributed by atoms with Crippen LogP contribution in [0.3, 0.4) is 0 Å². The van der Waals surface area contributed by atoms with Gasteiger partial charge in [-0.3, -0.25) is 0 Å². The summed E-state index contributed by atoms with van der Waals surface area (Å²) in [5.74, 6) is 0.401. The summed E-state index contributed by atoms with van der Waals surface area (Å²) in [4.78, 5) is 4.23. The topological polar surface area (TPSA) is 114 Å². The van der Waals surface area contributed by atoms with Crippen LogP contribution in [-0.2, 0) is 10.0 Å². The van der Waals surface area contributed by atoms with Gasteiger partial charge in [0, 0.05) is 25.2 Å². The lowest BCUT2D eigenvalue weighted by Gasteiger charge is -2.38. The van der Waals surface area contributed by atoms with Crippen molar-refractivity contribution in [1.29, 1.82) is 0 Å². The number of rotatable bonds is 2. The van der Waals surface area contributed by atoms with E-state index < -0.39 is 15.7 Å². The fourth-order valence-corrected chi connectivity index (χ4v) is 3.29. The van der Waals surface area contributed by atoms with Crippen molar-refractivity contribution in [3.8, 4) is 0 Å². The maximum absolute atomic E-state index is 11.4. The molecule has 5 N–H and O–H groups in total. The second-order valence-corrected chi connectivity index (χ2v) is 6.78. The largest absolute Gasteiger partial charge is 0.370 e. The number of aliphatic imine (C=N–C) groups is 1. The molecule has 0 aromatic heterocycles. The Balaban J connectivity index is 2.06. The molecule has 18 heavy (non-hydrogen) atoms. The maximum Gasteiger partial charge on any atom is 0.211 e. The lowest BCUT2D eigenvalue weighted by molar-refractivity contribution is 0.211. The minimum absolute atomic E-state index is 0.104. The molecule has 1 saturated heterocycles. The fraction of sp³-hybridized carbons (Fsp3) is 0.700. The van der Waals surface area contributed by atoms with Gasteiger partial charge < -0.3 is 16.8 Å². The molecule has 0 spiro atoms. The van der Waals surface area contributed by atoms with Gasteiger partial charge in [0.25, 0.3) is 0 Å². The van der Waals surface area contributed by atoms with Gasteiger partial charge in [-0.1, -0.05) is 0 Å². The monoisotopic (exact) mass is 273 g/mol. The van der Waals surface area contributed by atoms with E-state index in [0.717, 1.165) is 0 Å². The highest BCUT2D eigenvalue weighted by atomic mass is 32.2. The van der Waals surface area contributed by atoms with Crippen LogP contribution >= 0.6 is 0 Å². The number of hydrogen-bond acceptors (Lipinski definition) is 6. The highest BCUT2D eigenvalue weighted by Gasteiger charge is 2.37. The SMILES string of the molecule is CS(=O)(=O)N1CCC(C2(N)C=CNC(N)=N2)CC1. The molecule has 0 radical (unpaired) electrons. The smallest absolute Gasteiger partial charge is 0.211 e. The Morgan fingerprint density at radius 3 is 2.61 bits per heavy atom. The summed E-state index contributed by atoms with van der Waals surface area (Å²) in [6.45, 7) is 0.971. The van der Waals surface area contributed by atoms with Crippen molar-refractivity contribution in [2.75, 3.05) is 19.3 Å². The molecule has 0 bridgehead atoms. The summed E-state index contributed by atoms with van der Waals surface area (Å²) in [5, 5.41) is 2.77. The number of nitrogens with zero attached hydrogens (tertiary/aromatic N) is 2. The van der Waals surface area contributed by atoms with Crippen molar-refractivity contribution in [2.45, 2.75) is 18.5 Å². The highest BCUT2D eigenvalue weighted by molar-refractivity contribution is 7.88. The lowest BCUT2D eigenvalue weighted by atomic mass is 9.85. The van der Waals surface area contributed by atoms with Crippen LogP contribution in [0, 0.1) is 5.92 Å². The first-order valence-corrected chi connectivity index (χ1v) is 7.70. The molecular weight excluding hydrogens is 254 g/mol. The first-order chi connectivity index (χ1) is 8.31. The molecule has 2 aliphatic heterocycles. The normalized spacial score (nSPS) is 30.9. The van der Waals surface area contributed by atoms with Crippen molar-refractivity contribution < 1.29 is 8.42 Å². The quantitative estimate of drug-likeness (QED) is 0.581. The van der Waals surface area contributed by atoms with E-state index in [0.29, 0.717) is 31.9 Å². The van der Waals surface area contributed by atoms with E-state index in [2.05, 4.69) is 10.3 Å². The van der Waals surface area contributed by atoms with Gasteiger partial charge >= 0.3 is 0 Å². The van der Waals surface area contributed by atoms with E-state index in [1.54, 1.807) is 12.3 Å². The Morgan fingerprint density at radius 1 is 1.50 bits per heavy atom. The van der Waals surface area contributed by atoms with E-state index in [-0.39, 0.29) is 5.92 Å². The molecule has 2 heterocycles. The average Bonchev–Trinajstić information content (AvgIpc) is 2.28. The molecule has 102 valence electrons. The molecule has 8 heteroatoms. The molecule has 0 aromatic carbocycles. The van der Waals surface area contributed by atoms with Gasteiger partial charge in [-0.25, -0.2) is 17.7 Å². The van der Waals surface area contributed by atoms with Crippen LogP contribution in [0.5, 0.6) is 0 Å². The van der Waals surface area contributed by atoms with Crippen LogP contribution in [-0.4, -0.2) is 43.7 Å². The van der Waals surface area contributed by atoms with E-state index in [9.17, 15) is 8.42 Å². The van der Waals surface area contributed by atoms with Gasteiger partial charge in [0.05, 0.1) is 6.26 Å². The van der Waals surface area contributed by atoms with Gasteiger partial charge in [-0.05, 0) is 18.9 Å². The number of sulfonamides is 1. The Bertz CT molecular complexity index is 478. The van der Waals surface area contributed by atoms with Gasteiger partial charge in [-0.15, -0.1) is 0 Å². The third-order valence-corrected chi connectivity index (χ3v) is 4.78. The molecule has 1 atom stereocenters. The van der Waals surface area contributed by atoms with Crippen LogP contribution in [0.15, 0.2) is 17.3 Å². The second-order valence-electron chi connectivity index (χ2n) is 4.80. The number of guanidine groups is 1. The van der Waals surface area contributed by atoms with Crippen molar-refractivity contribution in [2.24, 2.45) is 22.4 Å². The van der Waals surface area contributed by atoms with Gasteiger partial charge in [0.2, 0.25) is 10.0 Å². The molecule has 1 fully saturated rings. The van der Waals surface area contributed by atoms with E-state index in [4.69, 9.17) is 11.5 Å². The summed E-state index contributed by atoms with van der Waals surface area (Å²) in [6.07, 6.45) is 6.07. The summed E-state index contributed by atoms with van der Waals surface area (Å²) in [5.41, 5.74) is 11.0.